The first-order valence-electron chi connectivity index (χ1n) is 12.4. The molecule has 4 atom stereocenters. The Labute approximate surface area is 234 Å². The van der Waals surface area contributed by atoms with E-state index in [-0.39, 0.29) is 17.1 Å². The molecular formula is C30H29NO4S3. The van der Waals surface area contributed by atoms with Crippen LogP contribution < -0.4 is 0 Å². The van der Waals surface area contributed by atoms with Crippen LogP contribution in [0, 0.1) is 12.8 Å². The van der Waals surface area contributed by atoms with Crippen molar-refractivity contribution in [1.82, 2.24) is 4.90 Å². The Morgan fingerprint density at radius 2 is 1.47 bits per heavy atom. The number of carbonyl (C=O) groups is 3. The maximum absolute atomic E-state index is 14.2. The highest BCUT2D eigenvalue weighted by Gasteiger charge is 2.58. The second-order valence-corrected chi connectivity index (χ2v) is 13.5. The van der Waals surface area contributed by atoms with Gasteiger partial charge in [-0.25, -0.2) is 4.79 Å². The lowest BCUT2D eigenvalue weighted by molar-refractivity contribution is -0.142. The highest BCUT2D eigenvalue weighted by molar-refractivity contribution is 7.12. The molecule has 1 N–H and O–H groups in total. The minimum absolute atomic E-state index is 0.0790. The lowest BCUT2D eigenvalue weighted by atomic mass is 9.77. The molecule has 0 bridgehead atoms. The van der Waals surface area contributed by atoms with Gasteiger partial charge in [0.2, 0.25) is 0 Å². The number of amides is 1. The fourth-order valence-electron chi connectivity index (χ4n) is 5.43. The average Bonchev–Trinajstić information content (AvgIpc) is 3.68. The molecule has 1 fully saturated rings. The van der Waals surface area contributed by atoms with Crippen LogP contribution in [0.1, 0.15) is 73.6 Å². The lowest BCUT2D eigenvalue weighted by Gasteiger charge is -2.29. The molecule has 38 heavy (non-hydrogen) atoms. The summed E-state index contributed by atoms with van der Waals surface area (Å²) in [6, 6.07) is 15.1. The normalized spacial score (nSPS) is 21.5. The number of hydrogen-bond donors (Lipinski definition) is 1. The maximum Gasteiger partial charge on any atom is 0.327 e. The number of thiophene rings is 3. The van der Waals surface area contributed by atoms with Gasteiger partial charge >= 0.3 is 5.97 Å². The van der Waals surface area contributed by atoms with E-state index in [0.29, 0.717) is 9.75 Å². The van der Waals surface area contributed by atoms with Gasteiger partial charge in [0.15, 0.2) is 5.78 Å². The molecule has 1 saturated heterocycles. The molecule has 8 heteroatoms. The van der Waals surface area contributed by atoms with Gasteiger partial charge in [-0.3, -0.25) is 9.59 Å². The summed E-state index contributed by atoms with van der Waals surface area (Å²) in [5.41, 5.74) is 2.73. The van der Waals surface area contributed by atoms with Crippen LogP contribution in [0.3, 0.4) is 0 Å². The molecule has 1 aliphatic heterocycles. The summed E-state index contributed by atoms with van der Waals surface area (Å²) in [6.45, 7) is 8.32. The summed E-state index contributed by atoms with van der Waals surface area (Å²) >= 11 is 4.10. The van der Waals surface area contributed by atoms with Gasteiger partial charge in [-0.1, -0.05) is 57.2 Å². The van der Waals surface area contributed by atoms with Crippen LogP contribution in [-0.2, 0) is 10.2 Å². The van der Waals surface area contributed by atoms with Crippen molar-refractivity contribution in [3.63, 3.8) is 0 Å². The summed E-state index contributed by atoms with van der Waals surface area (Å²) in [7, 11) is 0. The standard InChI is InChI=1S/C30H29NO4S3/c1-17-13-16-38-27(17)24-23(26(32)20-7-5-14-36-20)22(18-9-11-19(12-10-18)30(2,3)4)25(29(34)35)31(24)28(33)21-8-6-15-37-21/h5-16,22-25H,1-4H3,(H,34,35). The zero-order valence-electron chi connectivity index (χ0n) is 21.6. The molecule has 0 radical (unpaired) electrons. The third kappa shape index (κ3) is 4.65. The summed E-state index contributed by atoms with van der Waals surface area (Å²) in [6.07, 6.45) is 0. The third-order valence-electron chi connectivity index (χ3n) is 7.28. The van der Waals surface area contributed by atoms with Gasteiger partial charge in [-0.05, 0) is 63.4 Å². The van der Waals surface area contributed by atoms with Gasteiger partial charge in [0, 0.05) is 10.8 Å². The van der Waals surface area contributed by atoms with Crippen LogP contribution in [0.15, 0.2) is 70.7 Å². The number of rotatable bonds is 6. The highest BCUT2D eigenvalue weighted by atomic mass is 32.1. The SMILES string of the molecule is Cc1ccsc1C1C(C(=O)c2cccs2)C(c2ccc(C(C)(C)C)cc2)C(C(=O)O)N1C(=O)c1cccs1. The van der Waals surface area contributed by atoms with Crippen molar-refractivity contribution in [1.29, 1.82) is 0 Å². The molecule has 0 saturated carbocycles. The van der Waals surface area contributed by atoms with Crippen molar-refractivity contribution < 1.29 is 19.5 Å². The number of carboxylic acid groups (broad SMARTS) is 1. The van der Waals surface area contributed by atoms with Crippen LogP contribution in [0.2, 0.25) is 0 Å². The second-order valence-electron chi connectivity index (χ2n) is 10.7. The van der Waals surface area contributed by atoms with Crippen LogP contribution in [0.5, 0.6) is 0 Å². The maximum atomic E-state index is 14.2. The summed E-state index contributed by atoms with van der Waals surface area (Å²) in [5.74, 6) is -3.07. The van der Waals surface area contributed by atoms with Crippen LogP contribution >= 0.6 is 34.0 Å². The molecule has 4 unspecified atom stereocenters. The Balaban J connectivity index is 1.75. The van der Waals surface area contributed by atoms with Gasteiger partial charge in [-0.2, -0.15) is 0 Å². The number of nitrogens with zero attached hydrogens (tertiary/aromatic N) is 1. The monoisotopic (exact) mass is 563 g/mol. The lowest BCUT2D eigenvalue weighted by Crippen LogP contribution is -2.43. The van der Waals surface area contributed by atoms with Crippen molar-refractivity contribution in [2.75, 3.05) is 0 Å². The summed E-state index contributed by atoms with van der Waals surface area (Å²) in [4.78, 5) is 44.7. The van der Waals surface area contributed by atoms with E-state index in [1.807, 2.05) is 59.5 Å². The van der Waals surface area contributed by atoms with Crippen molar-refractivity contribution in [3.05, 3.63) is 102 Å². The molecule has 5 rings (SSSR count). The van der Waals surface area contributed by atoms with E-state index in [1.54, 1.807) is 18.2 Å². The number of likely N-dealkylation sites (tertiary alicyclic amines) is 1. The Kier molecular flexibility index (Phi) is 7.15. The smallest absolute Gasteiger partial charge is 0.327 e. The zero-order valence-corrected chi connectivity index (χ0v) is 24.0. The molecule has 3 aromatic heterocycles. The number of carboxylic acids is 1. The predicted molar refractivity (Wildman–Crippen MR) is 154 cm³/mol. The van der Waals surface area contributed by atoms with Crippen molar-refractivity contribution in [2.24, 2.45) is 5.92 Å². The first kappa shape index (κ1) is 26.5. The van der Waals surface area contributed by atoms with E-state index in [2.05, 4.69) is 20.8 Å². The summed E-state index contributed by atoms with van der Waals surface area (Å²) < 4.78 is 0. The number of benzene rings is 1. The topological polar surface area (TPSA) is 74.7 Å². The van der Waals surface area contributed by atoms with Gasteiger partial charge < -0.3 is 10.0 Å². The van der Waals surface area contributed by atoms with Crippen molar-refractivity contribution in [2.45, 2.75) is 51.1 Å². The molecule has 1 aromatic carbocycles. The molecular weight excluding hydrogens is 535 g/mol. The molecule has 1 amide bonds. The van der Waals surface area contributed by atoms with Gasteiger partial charge in [0.05, 0.1) is 21.7 Å². The Bertz CT molecular complexity index is 1450. The Morgan fingerprint density at radius 3 is 1.97 bits per heavy atom. The third-order valence-corrected chi connectivity index (χ3v) is 10.1. The first-order chi connectivity index (χ1) is 18.1. The first-order valence-corrected chi connectivity index (χ1v) is 15.0. The average molecular weight is 564 g/mol. The molecule has 1 aliphatic rings. The van der Waals surface area contributed by atoms with Crippen molar-refractivity contribution in [3.8, 4) is 0 Å². The van der Waals surface area contributed by atoms with Crippen LogP contribution in [-0.4, -0.2) is 33.7 Å². The van der Waals surface area contributed by atoms with Crippen molar-refractivity contribution >= 4 is 51.7 Å². The number of aryl methyl sites for hydroxylation is 1. The highest BCUT2D eigenvalue weighted by Crippen LogP contribution is 2.53. The summed E-state index contributed by atoms with van der Waals surface area (Å²) in [5, 5.41) is 16.3. The molecule has 0 aliphatic carbocycles. The van der Waals surface area contributed by atoms with E-state index in [9.17, 15) is 19.5 Å². The van der Waals surface area contributed by atoms with Crippen LogP contribution in [0.25, 0.3) is 0 Å². The number of aliphatic carboxylic acids is 1. The van der Waals surface area contributed by atoms with E-state index >= 15 is 0 Å². The quantitative estimate of drug-likeness (QED) is 0.248. The number of hydrogen-bond acceptors (Lipinski definition) is 6. The fourth-order valence-corrected chi connectivity index (χ4v) is 7.88. The van der Waals surface area contributed by atoms with E-state index in [0.717, 1.165) is 21.6 Å². The van der Waals surface area contributed by atoms with Gasteiger partial charge in [-0.15, -0.1) is 34.0 Å². The van der Waals surface area contributed by atoms with Crippen LogP contribution in [0.4, 0.5) is 0 Å². The molecule has 5 nitrogen and oxygen atoms in total. The van der Waals surface area contributed by atoms with E-state index in [1.165, 1.54) is 38.9 Å². The fraction of sp³-hybridized carbons (Fsp3) is 0.300. The minimum Gasteiger partial charge on any atom is -0.480 e. The zero-order chi connectivity index (χ0) is 27.2. The Hall–Kier alpha value is -3.07. The number of Topliss-reactive ketones (excluding diaryl/α,β-unsaturated/α-hetero) is 1. The second kappa shape index (κ2) is 10.2. The molecule has 4 heterocycles. The number of carbonyl (C=O) groups excluding carboxylic acids is 2. The van der Waals surface area contributed by atoms with E-state index < -0.39 is 29.9 Å². The molecule has 0 spiro atoms. The molecule has 4 aromatic rings. The van der Waals surface area contributed by atoms with Gasteiger partial charge in [0.25, 0.3) is 5.91 Å². The van der Waals surface area contributed by atoms with Gasteiger partial charge in [0.1, 0.15) is 6.04 Å². The Morgan fingerprint density at radius 1 is 0.842 bits per heavy atom. The minimum atomic E-state index is -1.20. The predicted octanol–water partition coefficient (Wildman–Crippen LogP) is 7.41. The van der Waals surface area contributed by atoms with E-state index in [4.69, 9.17) is 0 Å². The molecule has 196 valence electrons. The number of ketones is 1. The largest absolute Gasteiger partial charge is 0.480 e.